The van der Waals surface area contributed by atoms with Crippen LogP contribution >= 0.6 is 0 Å². The second-order valence-electron chi connectivity index (χ2n) is 4.33. The lowest BCUT2D eigenvalue weighted by Gasteiger charge is -2.09. The fourth-order valence-electron chi connectivity index (χ4n) is 1.58. The first-order valence-electron chi connectivity index (χ1n) is 6.55. The van der Waals surface area contributed by atoms with Crippen LogP contribution in [0.5, 0.6) is 5.75 Å². The van der Waals surface area contributed by atoms with Crippen LogP contribution in [0.15, 0.2) is 24.3 Å². The molecular weight excluding hydrogens is 255 g/mol. The summed E-state index contributed by atoms with van der Waals surface area (Å²) in [7, 11) is 0. The molecule has 0 heterocycles. The van der Waals surface area contributed by atoms with Crippen molar-refractivity contribution in [2.75, 3.05) is 19.7 Å². The van der Waals surface area contributed by atoms with E-state index in [4.69, 9.17) is 4.74 Å². The van der Waals surface area contributed by atoms with Crippen molar-refractivity contribution in [3.8, 4) is 5.75 Å². The maximum atomic E-state index is 12.3. The largest absolute Gasteiger partial charge is 0.494 e. The van der Waals surface area contributed by atoms with Gasteiger partial charge < -0.3 is 10.1 Å². The van der Waals surface area contributed by atoms with Crippen LogP contribution in [0.3, 0.4) is 0 Å². The summed E-state index contributed by atoms with van der Waals surface area (Å²) in [6, 6.07) is 4.80. The minimum atomic E-state index is -4.29. The highest BCUT2D eigenvalue weighted by Gasteiger charge is 2.29. The minimum absolute atomic E-state index is 0.481. The molecular formula is C14H20F3NO. The Bertz CT molecular complexity index is 349. The number of hydrogen-bond donors (Lipinski definition) is 1. The van der Waals surface area contributed by atoms with Crippen molar-refractivity contribution >= 4 is 0 Å². The molecule has 2 nitrogen and oxygen atoms in total. The van der Waals surface area contributed by atoms with Crippen molar-refractivity contribution in [2.24, 2.45) is 0 Å². The van der Waals surface area contributed by atoms with Gasteiger partial charge in [-0.1, -0.05) is 6.92 Å². The highest BCUT2D eigenvalue weighted by molar-refractivity contribution is 5.28. The van der Waals surface area contributed by atoms with Gasteiger partial charge in [0.15, 0.2) is 0 Å². The molecule has 0 saturated carbocycles. The van der Waals surface area contributed by atoms with Crippen LogP contribution in [-0.4, -0.2) is 19.7 Å². The summed E-state index contributed by atoms with van der Waals surface area (Å²) in [5, 5.41) is 3.28. The van der Waals surface area contributed by atoms with Crippen LogP contribution in [0.2, 0.25) is 0 Å². The Labute approximate surface area is 112 Å². The third kappa shape index (κ3) is 6.47. The van der Waals surface area contributed by atoms with Crippen LogP contribution in [0.4, 0.5) is 13.2 Å². The van der Waals surface area contributed by atoms with Crippen LogP contribution in [0.25, 0.3) is 0 Å². The highest BCUT2D eigenvalue weighted by atomic mass is 19.4. The summed E-state index contributed by atoms with van der Waals surface area (Å²) >= 11 is 0. The molecule has 108 valence electrons. The van der Waals surface area contributed by atoms with E-state index < -0.39 is 11.7 Å². The molecule has 0 spiro atoms. The van der Waals surface area contributed by atoms with E-state index in [9.17, 15) is 13.2 Å². The molecule has 1 N–H and O–H groups in total. The lowest BCUT2D eigenvalue weighted by molar-refractivity contribution is -0.137. The standard InChI is InChI=1S/C14H20F3NO/c1-2-9-18-10-3-4-11-19-13-7-5-12(6-8-13)14(15,16)17/h5-8,18H,2-4,9-11H2,1H3. The first kappa shape index (κ1) is 15.8. The molecule has 19 heavy (non-hydrogen) atoms. The van der Waals surface area contributed by atoms with Gasteiger partial charge in [-0.05, 0) is 56.6 Å². The number of rotatable bonds is 8. The van der Waals surface area contributed by atoms with E-state index in [2.05, 4.69) is 12.2 Å². The average Bonchev–Trinajstić information content (AvgIpc) is 2.37. The van der Waals surface area contributed by atoms with Gasteiger partial charge in [0.2, 0.25) is 0 Å². The highest BCUT2D eigenvalue weighted by Crippen LogP contribution is 2.30. The van der Waals surface area contributed by atoms with Crippen LogP contribution in [0.1, 0.15) is 31.7 Å². The van der Waals surface area contributed by atoms with Crippen molar-refractivity contribution in [2.45, 2.75) is 32.4 Å². The second-order valence-corrected chi connectivity index (χ2v) is 4.33. The molecule has 0 atom stereocenters. The van der Waals surface area contributed by atoms with Gasteiger partial charge in [-0.3, -0.25) is 0 Å². The van der Waals surface area contributed by atoms with Gasteiger partial charge in [-0.2, -0.15) is 13.2 Å². The Balaban J connectivity index is 2.20. The van der Waals surface area contributed by atoms with E-state index in [0.717, 1.165) is 44.5 Å². The zero-order valence-corrected chi connectivity index (χ0v) is 11.1. The Kier molecular flexibility index (Phi) is 6.70. The molecule has 1 rings (SSSR count). The molecule has 0 saturated heterocycles. The zero-order valence-electron chi connectivity index (χ0n) is 11.1. The second kappa shape index (κ2) is 8.04. The zero-order chi connectivity index (χ0) is 14.1. The number of benzene rings is 1. The molecule has 1 aromatic carbocycles. The number of ether oxygens (including phenoxy) is 1. The van der Waals surface area contributed by atoms with Gasteiger partial charge in [0.05, 0.1) is 12.2 Å². The summed E-state index contributed by atoms with van der Waals surface area (Å²) in [5.74, 6) is 0.481. The van der Waals surface area contributed by atoms with E-state index in [0.29, 0.717) is 12.4 Å². The summed E-state index contributed by atoms with van der Waals surface area (Å²) < 4.78 is 42.4. The molecule has 0 radical (unpaired) electrons. The third-order valence-electron chi connectivity index (χ3n) is 2.63. The molecule has 0 aromatic heterocycles. The Morgan fingerprint density at radius 2 is 1.74 bits per heavy atom. The maximum Gasteiger partial charge on any atom is 0.416 e. The number of unbranched alkanes of at least 4 members (excludes halogenated alkanes) is 1. The predicted octanol–water partition coefficient (Wildman–Crippen LogP) is 3.86. The molecule has 0 aliphatic heterocycles. The first-order valence-corrected chi connectivity index (χ1v) is 6.55. The third-order valence-corrected chi connectivity index (χ3v) is 2.63. The molecule has 0 bridgehead atoms. The average molecular weight is 275 g/mol. The van der Waals surface area contributed by atoms with Gasteiger partial charge in [-0.25, -0.2) is 0 Å². The summed E-state index contributed by atoms with van der Waals surface area (Å²) in [5.41, 5.74) is -0.649. The minimum Gasteiger partial charge on any atom is -0.494 e. The van der Waals surface area contributed by atoms with Crippen molar-refractivity contribution < 1.29 is 17.9 Å². The van der Waals surface area contributed by atoms with Gasteiger partial charge >= 0.3 is 6.18 Å². The van der Waals surface area contributed by atoms with E-state index in [-0.39, 0.29) is 0 Å². The molecule has 0 unspecified atom stereocenters. The quantitative estimate of drug-likeness (QED) is 0.727. The molecule has 0 aliphatic rings. The normalized spacial score (nSPS) is 11.6. The maximum absolute atomic E-state index is 12.3. The van der Waals surface area contributed by atoms with Gasteiger partial charge in [-0.15, -0.1) is 0 Å². The summed E-state index contributed by atoms with van der Waals surface area (Å²) in [6.07, 6.45) is -1.29. The van der Waals surface area contributed by atoms with Gasteiger partial charge in [0.25, 0.3) is 0 Å². The van der Waals surface area contributed by atoms with Crippen LogP contribution < -0.4 is 10.1 Å². The summed E-state index contributed by atoms with van der Waals surface area (Å²) in [6.45, 7) is 4.60. The van der Waals surface area contributed by atoms with Crippen LogP contribution in [0, 0.1) is 0 Å². The van der Waals surface area contributed by atoms with E-state index in [1.165, 1.54) is 12.1 Å². The number of alkyl halides is 3. The smallest absolute Gasteiger partial charge is 0.416 e. The lowest BCUT2D eigenvalue weighted by Crippen LogP contribution is -2.16. The number of nitrogens with one attached hydrogen (secondary N) is 1. The summed E-state index contributed by atoms with van der Waals surface area (Å²) in [4.78, 5) is 0. The SMILES string of the molecule is CCCNCCCCOc1ccc(C(F)(F)F)cc1. The van der Waals surface area contributed by atoms with Gasteiger partial charge in [0, 0.05) is 0 Å². The number of hydrogen-bond acceptors (Lipinski definition) is 2. The fourth-order valence-corrected chi connectivity index (χ4v) is 1.58. The van der Waals surface area contributed by atoms with Gasteiger partial charge in [0.1, 0.15) is 5.75 Å². The van der Waals surface area contributed by atoms with Crippen molar-refractivity contribution in [1.29, 1.82) is 0 Å². The molecule has 0 aliphatic carbocycles. The molecule has 5 heteroatoms. The van der Waals surface area contributed by atoms with Crippen molar-refractivity contribution in [3.05, 3.63) is 29.8 Å². The number of halogens is 3. The van der Waals surface area contributed by atoms with E-state index in [1.807, 2.05) is 0 Å². The predicted molar refractivity (Wildman–Crippen MR) is 69.3 cm³/mol. The Morgan fingerprint density at radius 1 is 1.05 bits per heavy atom. The molecule has 0 fully saturated rings. The monoisotopic (exact) mass is 275 g/mol. The molecule has 0 amide bonds. The molecule has 1 aromatic rings. The first-order chi connectivity index (χ1) is 9.04. The Morgan fingerprint density at radius 3 is 2.32 bits per heavy atom. The topological polar surface area (TPSA) is 21.3 Å². The fraction of sp³-hybridized carbons (Fsp3) is 0.571. The van der Waals surface area contributed by atoms with Crippen molar-refractivity contribution in [1.82, 2.24) is 5.32 Å². The van der Waals surface area contributed by atoms with Crippen molar-refractivity contribution in [3.63, 3.8) is 0 Å². The lowest BCUT2D eigenvalue weighted by atomic mass is 10.2. The Hall–Kier alpha value is -1.23. The van der Waals surface area contributed by atoms with E-state index in [1.54, 1.807) is 0 Å². The van der Waals surface area contributed by atoms with E-state index >= 15 is 0 Å². The van der Waals surface area contributed by atoms with Crippen LogP contribution in [-0.2, 0) is 6.18 Å².